The van der Waals surface area contributed by atoms with E-state index >= 15 is 0 Å². The van der Waals surface area contributed by atoms with Crippen LogP contribution in [-0.2, 0) is 32.7 Å². The molecule has 0 radical (unpaired) electrons. The first kappa shape index (κ1) is 20.6. The van der Waals surface area contributed by atoms with E-state index in [0.29, 0.717) is 13.2 Å². The van der Waals surface area contributed by atoms with E-state index in [1.807, 2.05) is 38.1 Å². The number of likely N-dealkylation sites (N-methyl/N-ethyl adjacent to an activating group) is 1. The molecule has 142 valence electrons. The molecule has 1 heterocycles. The minimum atomic E-state index is -3.62. The van der Waals surface area contributed by atoms with Crippen molar-refractivity contribution in [2.75, 3.05) is 13.6 Å². The molecule has 6 nitrogen and oxygen atoms in total. The predicted molar refractivity (Wildman–Crippen MR) is 102 cm³/mol. The van der Waals surface area contributed by atoms with Crippen LogP contribution in [0.5, 0.6) is 0 Å². The fourth-order valence-corrected chi connectivity index (χ4v) is 4.53. The summed E-state index contributed by atoms with van der Waals surface area (Å²) in [6, 6.07) is 10.9. The zero-order valence-electron chi connectivity index (χ0n) is 15.1. The molecule has 0 aliphatic carbocycles. The minimum absolute atomic E-state index is 0.152. The number of ether oxygens (including phenoxy) is 1. The number of sulfonamides is 1. The van der Waals surface area contributed by atoms with Crippen molar-refractivity contribution in [3.8, 4) is 0 Å². The molecule has 0 spiro atoms. The van der Waals surface area contributed by atoms with E-state index < -0.39 is 10.0 Å². The molecule has 2 rings (SSSR count). The van der Waals surface area contributed by atoms with Gasteiger partial charge >= 0.3 is 0 Å². The zero-order chi connectivity index (χ0) is 19.2. The van der Waals surface area contributed by atoms with Gasteiger partial charge in [0, 0.05) is 13.6 Å². The topological polar surface area (TPSA) is 75.7 Å². The number of carbonyl (C=O) groups is 1. The van der Waals surface area contributed by atoms with Crippen molar-refractivity contribution in [3.05, 3.63) is 52.9 Å². The molecule has 0 atom stereocenters. The molecular formula is C18H24N2O4S2. The van der Waals surface area contributed by atoms with E-state index in [-0.39, 0.29) is 22.8 Å². The number of hydrogen-bond acceptors (Lipinski definition) is 5. The number of thiophene rings is 1. The number of rotatable bonds is 9. The number of benzene rings is 1. The van der Waals surface area contributed by atoms with Gasteiger partial charge in [0.25, 0.3) is 10.0 Å². The first-order valence-corrected chi connectivity index (χ1v) is 10.6. The molecule has 1 N–H and O–H groups in total. The van der Waals surface area contributed by atoms with Crippen molar-refractivity contribution >= 4 is 27.3 Å². The molecule has 0 aliphatic heterocycles. The standard InChI is InChI=1S/C18H24N2O4S2/c1-14(2)24-13-16-7-4-6-15(10-16)11-19-17(21)12-20(3)26(22,23)18-8-5-9-25-18/h4-10,14H,11-13H2,1-3H3,(H,19,21). The molecule has 1 aromatic heterocycles. The van der Waals surface area contributed by atoms with Gasteiger partial charge < -0.3 is 10.1 Å². The molecule has 0 bridgehead atoms. The van der Waals surface area contributed by atoms with Crippen LogP contribution in [0.2, 0.25) is 0 Å². The summed E-state index contributed by atoms with van der Waals surface area (Å²) in [7, 11) is -2.22. The number of amides is 1. The van der Waals surface area contributed by atoms with Crippen LogP contribution in [0.4, 0.5) is 0 Å². The van der Waals surface area contributed by atoms with E-state index in [2.05, 4.69) is 5.32 Å². The highest BCUT2D eigenvalue weighted by molar-refractivity contribution is 7.91. The molecule has 8 heteroatoms. The van der Waals surface area contributed by atoms with Crippen LogP contribution in [0.25, 0.3) is 0 Å². The van der Waals surface area contributed by atoms with E-state index in [1.165, 1.54) is 13.1 Å². The van der Waals surface area contributed by atoms with Gasteiger partial charge in [-0.2, -0.15) is 4.31 Å². The third-order valence-corrected chi connectivity index (χ3v) is 6.77. The van der Waals surface area contributed by atoms with Crippen molar-refractivity contribution in [2.24, 2.45) is 0 Å². The van der Waals surface area contributed by atoms with Gasteiger partial charge in [0.05, 0.1) is 19.3 Å². The van der Waals surface area contributed by atoms with E-state index in [4.69, 9.17) is 4.74 Å². The van der Waals surface area contributed by atoms with Gasteiger partial charge in [0.15, 0.2) is 0 Å². The van der Waals surface area contributed by atoms with Gasteiger partial charge in [0.2, 0.25) is 5.91 Å². The lowest BCUT2D eigenvalue weighted by Crippen LogP contribution is -2.37. The Labute approximate surface area is 158 Å². The van der Waals surface area contributed by atoms with Crippen LogP contribution in [0.15, 0.2) is 46.0 Å². The highest BCUT2D eigenvalue weighted by Gasteiger charge is 2.23. The Hall–Kier alpha value is -1.74. The third-order valence-electron chi connectivity index (χ3n) is 3.59. The molecule has 1 amide bonds. The van der Waals surface area contributed by atoms with Crippen molar-refractivity contribution in [1.82, 2.24) is 9.62 Å². The van der Waals surface area contributed by atoms with Gasteiger partial charge in [-0.05, 0) is 36.4 Å². The van der Waals surface area contributed by atoms with Gasteiger partial charge in [-0.25, -0.2) is 8.42 Å². The van der Waals surface area contributed by atoms with Crippen LogP contribution in [0.3, 0.4) is 0 Å². The molecular weight excluding hydrogens is 372 g/mol. The summed E-state index contributed by atoms with van der Waals surface area (Å²) in [6.07, 6.45) is 0.152. The lowest BCUT2D eigenvalue weighted by atomic mass is 10.1. The van der Waals surface area contributed by atoms with Crippen molar-refractivity contribution < 1.29 is 17.9 Å². The molecule has 0 saturated heterocycles. The molecule has 1 aromatic carbocycles. The quantitative estimate of drug-likeness (QED) is 0.707. The van der Waals surface area contributed by atoms with E-state index in [1.54, 1.807) is 11.4 Å². The molecule has 0 unspecified atom stereocenters. The maximum absolute atomic E-state index is 12.3. The lowest BCUT2D eigenvalue weighted by molar-refractivity contribution is -0.121. The Morgan fingerprint density at radius 2 is 1.96 bits per heavy atom. The monoisotopic (exact) mass is 396 g/mol. The van der Waals surface area contributed by atoms with Gasteiger partial charge in [-0.1, -0.05) is 30.3 Å². The highest BCUT2D eigenvalue weighted by atomic mass is 32.2. The summed E-state index contributed by atoms with van der Waals surface area (Å²) in [6.45, 7) is 4.58. The zero-order valence-corrected chi connectivity index (χ0v) is 16.8. The molecule has 0 saturated carbocycles. The summed E-state index contributed by atoms with van der Waals surface area (Å²) in [4.78, 5) is 12.1. The summed E-state index contributed by atoms with van der Waals surface area (Å²) < 4.78 is 31.5. The van der Waals surface area contributed by atoms with Crippen LogP contribution >= 0.6 is 11.3 Å². The lowest BCUT2D eigenvalue weighted by Gasteiger charge is -2.16. The average Bonchev–Trinajstić information content (AvgIpc) is 3.14. The van der Waals surface area contributed by atoms with E-state index in [9.17, 15) is 13.2 Å². The first-order valence-electron chi connectivity index (χ1n) is 8.25. The molecule has 26 heavy (non-hydrogen) atoms. The first-order chi connectivity index (χ1) is 12.3. The molecule has 0 fully saturated rings. The van der Waals surface area contributed by atoms with Gasteiger partial charge in [-0.3, -0.25) is 4.79 Å². The second-order valence-electron chi connectivity index (χ2n) is 6.15. The Balaban J connectivity index is 1.88. The average molecular weight is 397 g/mol. The summed E-state index contributed by atoms with van der Waals surface area (Å²) >= 11 is 1.13. The summed E-state index contributed by atoms with van der Waals surface area (Å²) in [5.74, 6) is -0.350. The SMILES string of the molecule is CC(C)OCc1cccc(CNC(=O)CN(C)S(=O)(=O)c2cccs2)c1. The third kappa shape index (κ3) is 5.91. The van der Waals surface area contributed by atoms with Crippen LogP contribution in [0, 0.1) is 0 Å². The Morgan fingerprint density at radius 1 is 1.23 bits per heavy atom. The Morgan fingerprint density at radius 3 is 2.62 bits per heavy atom. The van der Waals surface area contributed by atoms with Crippen LogP contribution in [0.1, 0.15) is 25.0 Å². The Bertz CT molecular complexity index is 817. The van der Waals surface area contributed by atoms with Crippen molar-refractivity contribution in [2.45, 2.75) is 37.3 Å². The fraction of sp³-hybridized carbons (Fsp3) is 0.389. The number of hydrogen-bond donors (Lipinski definition) is 1. The fourth-order valence-electron chi connectivity index (χ4n) is 2.20. The molecule has 2 aromatic rings. The minimum Gasteiger partial charge on any atom is -0.374 e. The number of nitrogens with zero attached hydrogens (tertiary/aromatic N) is 1. The predicted octanol–water partition coefficient (Wildman–Crippen LogP) is 2.61. The smallest absolute Gasteiger partial charge is 0.252 e. The van der Waals surface area contributed by atoms with Crippen molar-refractivity contribution in [1.29, 1.82) is 0 Å². The second-order valence-corrected chi connectivity index (χ2v) is 9.37. The number of carbonyl (C=O) groups excluding carboxylic acids is 1. The van der Waals surface area contributed by atoms with Gasteiger partial charge in [-0.15, -0.1) is 11.3 Å². The van der Waals surface area contributed by atoms with Crippen molar-refractivity contribution in [3.63, 3.8) is 0 Å². The Kier molecular flexibility index (Phi) is 7.33. The summed E-state index contributed by atoms with van der Waals surface area (Å²) in [5, 5.41) is 4.45. The highest BCUT2D eigenvalue weighted by Crippen LogP contribution is 2.19. The maximum Gasteiger partial charge on any atom is 0.252 e. The van der Waals surface area contributed by atoms with Crippen LogP contribution < -0.4 is 5.32 Å². The normalized spacial score (nSPS) is 11.9. The van der Waals surface area contributed by atoms with Gasteiger partial charge in [0.1, 0.15) is 4.21 Å². The second kappa shape index (κ2) is 9.27. The van der Waals surface area contributed by atoms with E-state index in [0.717, 1.165) is 26.8 Å². The van der Waals surface area contributed by atoms with Crippen LogP contribution in [-0.4, -0.2) is 38.3 Å². The molecule has 0 aliphatic rings. The summed E-state index contributed by atoms with van der Waals surface area (Å²) in [5.41, 5.74) is 1.97. The number of nitrogens with one attached hydrogen (secondary N) is 1. The largest absolute Gasteiger partial charge is 0.374 e. The maximum atomic E-state index is 12.3.